The number of piperazine rings is 1. The molecule has 2 aromatic heterocycles. The van der Waals surface area contributed by atoms with Gasteiger partial charge in [-0.15, -0.1) is 11.3 Å². The van der Waals surface area contributed by atoms with Crippen molar-refractivity contribution in [2.45, 2.75) is 19.8 Å². The van der Waals surface area contributed by atoms with Crippen LogP contribution in [-0.2, 0) is 0 Å². The van der Waals surface area contributed by atoms with Gasteiger partial charge in [0.15, 0.2) is 0 Å². The van der Waals surface area contributed by atoms with E-state index in [1.54, 1.807) is 12.1 Å². The fourth-order valence-electron chi connectivity index (χ4n) is 3.48. The van der Waals surface area contributed by atoms with Crippen molar-refractivity contribution < 1.29 is 4.79 Å². The molecule has 2 aliphatic heterocycles. The van der Waals surface area contributed by atoms with Crippen molar-refractivity contribution in [2.24, 2.45) is 0 Å². The van der Waals surface area contributed by atoms with E-state index in [4.69, 9.17) is 16.6 Å². The van der Waals surface area contributed by atoms with Crippen LogP contribution in [0.3, 0.4) is 0 Å². The highest BCUT2D eigenvalue weighted by atomic mass is 35.5. The number of rotatable bonds is 3. The lowest BCUT2D eigenvalue weighted by Gasteiger charge is -2.35. The third kappa shape index (κ3) is 3.64. The summed E-state index contributed by atoms with van der Waals surface area (Å²) in [6, 6.07) is 5.62. The van der Waals surface area contributed by atoms with E-state index in [1.807, 2.05) is 17.9 Å². The standard InChI is InChI=1S/C18H22ClN5OS/c1-13-12-16(21-18(20-13)24-6-2-3-7-24)22-8-10-23(11-9-22)17(25)14-4-5-15(19)26-14/h4-5,12H,2-3,6-11H2,1H3. The Hall–Kier alpha value is -1.86. The maximum atomic E-state index is 12.6. The molecule has 0 unspecified atom stereocenters. The number of carbonyl (C=O) groups excluding carboxylic acids is 1. The van der Waals surface area contributed by atoms with Gasteiger partial charge in [-0.05, 0) is 31.9 Å². The van der Waals surface area contributed by atoms with Gasteiger partial charge >= 0.3 is 0 Å². The summed E-state index contributed by atoms with van der Waals surface area (Å²) in [5.41, 5.74) is 0.989. The number of carbonyl (C=O) groups is 1. The van der Waals surface area contributed by atoms with Crippen molar-refractivity contribution in [1.29, 1.82) is 0 Å². The number of aromatic nitrogens is 2. The fraction of sp³-hybridized carbons (Fsp3) is 0.500. The van der Waals surface area contributed by atoms with E-state index in [0.29, 0.717) is 22.3 Å². The van der Waals surface area contributed by atoms with Gasteiger partial charge in [0.25, 0.3) is 5.91 Å². The number of thiophene rings is 1. The summed E-state index contributed by atoms with van der Waals surface area (Å²) in [4.78, 5) is 29.1. The van der Waals surface area contributed by atoms with Crippen molar-refractivity contribution in [3.63, 3.8) is 0 Å². The highest BCUT2D eigenvalue weighted by molar-refractivity contribution is 7.17. The Balaban J connectivity index is 1.43. The topological polar surface area (TPSA) is 52.6 Å². The number of hydrogen-bond acceptors (Lipinski definition) is 6. The molecule has 0 saturated carbocycles. The first-order chi connectivity index (χ1) is 12.6. The minimum atomic E-state index is 0.0678. The third-order valence-corrected chi connectivity index (χ3v) is 6.11. The van der Waals surface area contributed by atoms with Crippen molar-refractivity contribution in [2.75, 3.05) is 49.1 Å². The van der Waals surface area contributed by atoms with Crippen LogP contribution in [0.25, 0.3) is 0 Å². The Labute approximate surface area is 162 Å². The van der Waals surface area contributed by atoms with Crippen LogP contribution < -0.4 is 9.80 Å². The second-order valence-electron chi connectivity index (χ2n) is 6.74. The molecule has 0 aromatic carbocycles. The second kappa shape index (κ2) is 7.40. The molecule has 6 nitrogen and oxygen atoms in total. The minimum Gasteiger partial charge on any atom is -0.353 e. The molecule has 0 radical (unpaired) electrons. The fourth-order valence-corrected chi connectivity index (χ4v) is 4.49. The van der Waals surface area contributed by atoms with E-state index >= 15 is 0 Å². The van der Waals surface area contributed by atoms with E-state index in [-0.39, 0.29) is 5.91 Å². The average Bonchev–Trinajstić information content (AvgIpc) is 3.32. The zero-order valence-corrected chi connectivity index (χ0v) is 16.4. The molecular weight excluding hydrogens is 370 g/mol. The molecule has 0 bridgehead atoms. The Bertz CT molecular complexity index is 797. The molecule has 2 aliphatic rings. The molecule has 2 saturated heterocycles. The lowest BCUT2D eigenvalue weighted by molar-refractivity contribution is 0.0751. The Morgan fingerprint density at radius 1 is 1.04 bits per heavy atom. The maximum absolute atomic E-state index is 12.6. The zero-order chi connectivity index (χ0) is 18.1. The monoisotopic (exact) mass is 391 g/mol. The van der Waals surface area contributed by atoms with Crippen molar-refractivity contribution in [3.05, 3.63) is 33.1 Å². The highest BCUT2D eigenvalue weighted by Crippen LogP contribution is 2.25. The Morgan fingerprint density at radius 2 is 1.77 bits per heavy atom. The average molecular weight is 392 g/mol. The Morgan fingerprint density at radius 3 is 2.42 bits per heavy atom. The predicted octanol–water partition coefficient (Wildman–Crippen LogP) is 3.06. The number of aryl methyl sites for hydroxylation is 1. The van der Waals surface area contributed by atoms with Crippen LogP contribution in [0.2, 0.25) is 4.34 Å². The molecule has 0 atom stereocenters. The largest absolute Gasteiger partial charge is 0.353 e. The van der Waals surface area contributed by atoms with Gasteiger partial charge in [-0.25, -0.2) is 4.98 Å². The van der Waals surface area contributed by atoms with Gasteiger partial charge in [0.2, 0.25) is 5.95 Å². The van der Waals surface area contributed by atoms with Crippen LogP contribution in [-0.4, -0.2) is 60.0 Å². The maximum Gasteiger partial charge on any atom is 0.264 e. The molecule has 2 fully saturated rings. The number of anilines is 2. The van der Waals surface area contributed by atoms with Gasteiger partial charge in [-0.3, -0.25) is 4.79 Å². The smallest absolute Gasteiger partial charge is 0.264 e. The van der Waals surface area contributed by atoms with Crippen molar-refractivity contribution in [3.8, 4) is 0 Å². The van der Waals surface area contributed by atoms with Gasteiger partial charge < -0.3 is 14.7 Å². The lowest BCUT2D eigenvalue weighted by atomic mass is 10.2. The van der Waals surface area contributed by atoms with E-state index < -0.39 is 0 Å². The summed E-state index contributed by atoms with van der Waals surface area (Å²) in [6.07, 6.45) is 2.42. The molecule has 8 heteroatoms. The molecule has 0 aliphatic carbocycles. The third-order valence-electron chi connectivity index (χ3n) is 4.89. The van der Waals surface area contributed by atoms with Crippen LogP contribution >= 0.6 is 22.9 Å². The molecule has 1 amide bonds. The van der Waals surface area contributed by atoms with Crippen LogP contribution in [0, 0.1) is 6.92 Å². The SMILES string of the molecule is Cc1cc(N2CCN(C(=O)c3ccc(Cl)s3)CC2)nc(N2CCCC2)n1. The molecule has 138 valence electrons. The molecular formula is C18H22ClN5OS. The van der Waals surface area contributed by atoms with Crippen molar-refractivity contribution in [1.82, 2.24) is 14.9 Å². The minimum absolute atomic E-state index is 0.0678. The molecule has 26 heavy (non-hydrogen) atoms. The summed E-state index contributed by atoms with van der Waals surface area (Å²) >= 11 is 7.29. The number of amides is 1. The van der Waals surface area contributed by atoms with E-state index in [2.05, 4.69) is 14.8 Å². The normalized spacial score (nSPS) is 17.8. The first kappa shape index (κ1) is 17.5. The van der Waals surface area contributed by atoms with E-state index in [1.165, 1.54) is 24.2 Å². The summed E-state index contributed by atoms with van der Waals surface area (Å²) in [5.74, 6) is 1.87. The first-order valence-corrected chi connectivity index (χ1v) is 10.2. The summed E-state index contributed by atoms with van der Waals surface area (Å²) in [6.45, 7) is 7.03. The summed E-state index contributed by atoms with van der Waals surface area (Å²) < 4.78 is 0.651. The van der Waals surface area contributed by atoms with Crippen LogP contribution in [0.1, 0.15) is 28.2 Å². The summed E-state index contributed by atoms with van der Waals surface area (Å²) in [5, 5.41) is 0. The van der Waals surface area contributed by atoms with E-state index in [0.717, 1.165) is 43.6 Å². The number of halogens is 1. The highest BCUT2D eigenvalue weighted by Gasteiger charge is 2.25. The quantitative estimate of drug-likeness (QED) is 0.804. The van der Waals surface area contributed by atoms with Crippen LogP contribution in [0.4, 0.5) is 11.8 Å². The van der Waals surface area contributed by atoms with Gasteiger partial charge in [0, 0.05) is 51.0 Å². The molecule has 0 N–H and O–H groups in total. The Kier molecular flexibility index (Phi) is 5.00. The first-order valence-electron chi connectivity index (χ1n) is 9.00. The summed E-state index contributed by atoms with van der Waals surface area (Å²) in [7, 11) is 0. The van der Waals surface area contributed by atoms with Crippen LogP contribution in [0.15, 0.2) is 18.2 Å². The van der Waals surface area contributed by atoms with Gasteiger partial charge in [0.05, 0.1) is 9.21 Å². The lowest BCUT2D eigenvalue weighted by Crippen LogP contribution is -2.49. The second-order valence-corrected chi connectivity index (χ2v) is 8.46. The van der Waals surface area contributed by atoms with Crippen LogP contribution in [0.5, 0.6) is 0 Å². The van der Waals surface area contributed by atoms with Crippen molar-refractivity contribution >= 4 is 40.6 Å². The zero-order valence-electron chi connectivity index (χ0n) is 14.8. The molecule has 0 spiro atoms. The predicted molar refractivity (Wildman–Crippen MR) is 106 cm³/mol. The van der Waals surface area contributed by atoms with Gasteiger partial charge in [0.1, 0.15) is 5.82 Å². The van der Waals surface area contributed by atoms with E-state index in [9.17, 15) is 4.79 Å². The van der Waals surface area contributed by atoms with Gasteiger partial charge in [-0.2, -0.15) is 4.98 Å². The molecule has 2 aromatic rings. The molecule has 4 heterocycles. The molecule has 4 rings (SSSR count). The van der Waals surface area contributed by atoms with Gasteiger partial charge in [-0.1, -0.05) is 11.6 Å². The number of hydrogen-bond donors (Lipinski definition) is 0. The number of nitrogens with zero attached hydrogens (tertiary/aromatic N) is 5.